The molecule has 0 radical (unpaired) electrons. The number of carbonyl (C=O) groups is 1. The van der Waals surface area contributed by atoms with E-state index in [0.717, 1.165) is 11.1 Å². The molecule has 1 rings (SSSR count). The molecule has 0 aliphatic carbocycles. The molecule has 1 aromatic rings. The zero-order valence-electron chi connectivity index (χ0n) is 12.7. The van der Waals surface area contributed by atoms with Crippen molar-refractivity contribution in [3.05, 3.63) is 52.8 Å². The van der Waals surface area contributed by atoms with Crippen LogP contribution in [-0.4, -0.2) is 18.2 Å². The van der Waals surface area contributed by atoms with E-state index in [-0.39, 0.29) is 11.2 Å². The van der Waals surface area contributed by atoms with Gasteiger partial charge in [0, 0.05) is 0 Å². The highest BCUT2D eigenvalue weighted by molar-refractivity contribution is 5.85. The van der Waals surface area contributed by atoms with E-state index in [1.165, 1.54) is 18.7 Å². The SMILES string of the molecule is COC(=CC(C)=Cc1ccc(C(C)(C)C)cc1)C(=O)O. The first-order chi connectivity index (χ1) is 9.24. The van der Waals surface area contributed by atoms with E-state index in [4.69, 9.17) is 9.84 Å². The molecule has 0 spiro atoms. The van der Waals surface area contributed by atoms with Crippen molar-refractivity contribution in [2.75, 3.05) is 7.11 Å². The van der Waals surface area contributed by atoms with Crippen molar-refractivity contribution >= 4 is 12.0 Å². The van der Waals surface area contributed by atoms with Gasteiger partial charge in [0.15, 0.2) is 0 Å². The first kappa shape index (κ1) is 16.0. The van der Waals surface area contributed by atoms with Crippen molar-refractivity contribution in [3.63, 3.8) is 0 Å². The Bertz CT molecular complexity index is 528. The minimum atomic E-state index is -1.07. The van der Waals surface area contributed by atoms with Gasteiger partial charge in [-0.15, -0.1) is 0 Å². The molecule has 0 heterocycles. The van der Waals surface area contributed by atoms with Crippen LogP contribution in [-0.2, 0) is 14.9 Å². The Balaban J connectivity index is 2.97. The van der Waals surface area contributed by atoms with Gasteiger partial charge in [0.1, 0.15) is 0 Å². The zero-order valence-corrected chi connectivity index (χ0v) is 12.7. The van der Waals surface area contributed by atoms with Gasteiger partial charge in [0.2, 0.25) is 5.76 Å². The van der Waals surface area contributed by atoms with Crippen molar-refractivity contribution in [1.29, 1.82) is 0 Å². The molecule has 0 aromatic heterocycles. The summed E-state index contributed by atoms with van der Waals surface area (Å²) in [5.74, 6) is -1.13. The lowest BCUT2D eigenvalue weighted by Crippen LogP contribution is -2.10. The lowest BCUT2D eigenvalue weighted by Gasteiger charge is -2.18. The van der Waals surface area contributed by atoms with E-state index in [9.17, 15) is 4.79 Å². The number of aliphatic carboxylic acids is 1. The van der Waals surface area contributed by atoms with Gasteiger partial charge in [-0.1, -0.05) is 51.1 Å². The van der Waals surface area contributed by atoms with E-state index >= 15 is 0 Å². The molecule has 0 atom stereocenters. The summed E-state index contributed by atoms with van der Waals surface area (Å²) in [4.78, 5) is 10.9. The van der Waals surface area contributed by atoms with Crippen molar-refractivity contribution in [2.45, 2.75) is 33.1 Å². The first-order valence-corrected chi connectivity index (χ1v) is 6.52. The third kappa shape index (κ3) is 4.57. The normalized spacial score (nSPS) is 13.2. The largest absolute Gasteiger partial charge is 0.490 e. The Labute approximate surface area is 120 Å². The second kappa shape index (κ2) is 6.42. The number of rotatable bonds is 4. The van der Waals surface area contributed by atoms with Crippen LogP contribution in [0.1, 0.15) is 38.8 Å². The van der Waals surface area contributed by atoms with Crippen LogP contribution in [0, 0.1) is 0 Å². The van der Waals surface area contributed by atoms with Crippen LogP contribution in [0.4, 0.5) is 0 Å². The topological polar surface area (TPSA) is 46.5 Å². The summed E-state index contributed by atoms with van der Waals surface area (Å²) in [6.07, 6.45) is 3.44. The Morgan fingerprint density at radius 2 is 1.75 bits per heavy atom. The Morgan fingerprint density at radius 1 is 1.20 bits per heavy atom. The molecule has 0 fully saturated rings. The summed E-state index contributed by atoms with van der Waals surface area (Å²) in [5, 5.41) is 8.89. The van der Waals surface area contributed by atoms with Crippen molar-refractivity contribution in [1.82, 2.24) is 0 Å². The van der Waals surface area contributed by atoms with Gasteiger partial charge < -0.3 is 9.84 Å². The van der Waals surface area contributed by atoms with Crippen LogP contribution in [0.3, 0.4) is 0 Å². The number of carboxylic acid groups (broad SMARTS) is 1. The molecular weight excluding hydrogens is 252 g/mol. The third-order valence-electron chi connectivity index (χ3n) is 2.96. The summed E-state index contributed by atoms with van der Waals surface area (Å²) in [6, 6.07) is 8.25. The van der Waals surface area contributed by atoms with Gasteiger partial charge in [-0.2, -0.15) is 0 Å². The van der Waals surface area contributed by atoms with E-state index in [1.807, 2.05) is 25.1 Å². The van der Waals surface area contributed by atoms with Crippen LogP contribution in [0.5, 0.6) is 0 Å². The highest BCUT2D eigenvalue weighted by atomic mass is 16.5. The molecular formula is C17H22O3. The van der Waals surface area contributed by atoms with E-state index < -0.39 is 5.97 Å². The summed E-state index contributed by atoms with van der Waals surface area (Å²) in [5.41, 5.74) is 3.26. The van der Waals surface area contributed by atoms with Crippen LogP contribution in [0.25, 0.3) is 6.08 Å². The predicted molar refractivity (Wildman–Crippen MR) is 81.5 cm³/mol. The maximum Gasteiger partial charge on any atom is 0.371 e. The Kier molecular flexibility index (Phi) is 5.14. The number of ether oxygens (including phenoxy) is 1. The zero-order chi connectivity index (χ0) is 15.3. The molecule has 3 heteroatoms. The molecule has 0 bridgehead atoms. The smallest absolute Gasteiger partial charge is 0.371 e. The van der Waals surface area contributed by atoms with E-state index in [0.29, 0.717) is 0 Å². The summed E-state index contributed by atoms with van der Waals surface area (Å²) >= 11 is 0. The number of hydrogen-bond acceptors (Lipinski definition) is 2. The van der Waals surface area contributed by atoms with Crippen LogP contribution < -0.4 is 0 Å². The molecule has 0 saturated carbocycles. The highest BCUT2D eigenvalue weighted by Crippen LogP contribution is 2.22. The van der Waals surface area contributed by atoms with E-state index in [1.54, 1.807) is 0 Å². The number of methoxy groups -OCH3 is 1. The average molecular weight is 274 g/mol. The summed E-state index contributed by atoms with van der Waals surface area (Å²) in [7, 11) is 1.35. The van der Waals surface area contributed by atoms with Crippen molar-refractivity contribution in [3.8, 4) is 0 Å². The minimum Gasteiger partial charge on any atom is -0.490 e. The third-order valence-corrected chi connectivity index (χ3v) is 2.96. The number of carboxylic acids is 1. The van der Waals surface area contributed by atoms with Gasteiger partial charge >= 0.3 is 5.97 Å². The monoisotopic (exact) mass is 274 g/mol. The second-order valence-corrected chi connectivity index (χ2v) is 5.78. The van der Waals surface area contributed by atoms with Crippen molar-refractivity contribution < 1.29 is 14.6 Å². The predicted octanol–water partition coefficient (Wildman–Crippen LogP) is 4.00. The van der Waals surface area contributed by atoms with Gasteiger partial charge in [0.25, 0.3) is 0 Å². The molecule has 20 heavy (non-hydrogen) atoms. The fourth-order valence-electron chi connectivity index (χ4n) is 1.80. The lowest BCUT2D eigenvalue weighted by molar-refractivity contribution is -0.136. The van der Waals surface area contributed by atoms with Gasteiger partial charge in [-0.05, 0) is 35.1 Å². The molecule has 0 amide bonds. The summed E-state index contributed by atoms with van der Waals surface area (Å²) in [6.45, 7) is 8.36. The van der Waals surface area contributed by atoms with Gasteiger partial charge in [0.05, 0.1) is 7.11 Å². The average Bonchev–Trinajstić information content (AvgIpc) is 2.35. The highest BCUT2D eigenvalue weighted by Gasteiger charge is 2.12. The molecule has 3 nitrogen and oxygen atoms in total. The minimum absolute atomic E-state index is 0.0648. The quantitative estimate of drug-likeness (QED) is 0.513. The molecule has 1 N–H and O–H groups in total. The standard InChI is InChI=1S/C17H22O3/c1-12(11-15(20-5)16(18)19)10-13-6-8-14(9-7-13)17(2,3)4/h6-11H,1-5H3,(H,18,19). The molecule has 0 saturated heterocycles. The number of hydrogen-bond donors (Lipinski definition) is 1. The fraction of sp³-hybridized carbons (Fsp3) is 0.353. The summed E-state index contributed by atoms with van der Waals surface area (Å²) < 4.78 is 4.80. The van der Waals surface area contributed by atoms with E-state index in [2.05, 4.69) is 32.9 Å². The lowest BCUT2D eigenvalue weighted by atomic mass is 9.86. The molecule has 0 unspecified atom stereocenters. The van der Waals surface area contributed by atoms with Crippen LogP contribution in [0.2, 0.25) is 0 Å². The fourth-order valence-corrected chi connectivity index (χ4v) is 1.80. The number of allylic oxidation sites excluding steroid dienone is 2. The number of benzene rings is 1. The maximum atomic E-state index is 10.9. The van der Waals surface area contributed by atoms with Gasteiger partial charge in [-0.3, -0.25) is 0 Å². The maximum absolute atomic E-state index is 10.9. The van der Waals surface area contributed by atoms with Crippen molar-refractivity contribution in [2.24, 2.45) is 0 Å². The second-order valence-electron chi connectivity index (χ2n) is 5.78. The molecule has 0 aliphatic rings. The molecule has 108 valence electrons. The van der Waals surface area contributed by atoms with Gasteiger partial charge in [-0.25, -0.2) is 4.79 Å². The van der Waals surface area contributed by atoms with Crippen LogP contribution >= 0.6 is 0 Å². The van der Waals surface area contributed by atoms with Crippen LogP contribution in [0.15, 0.2) is 41.7 Å². The molecule has 0 aliphatic heterocycles. The first-order valence-electron chi connectivity index (χ1n) is 6.52. The molecule has 1 aromatic carbocycles. The Hall–Kier alpha value is -2.03. The Morgan fingerprint density at radius 3 is 2.15 bits per heavy atom.